The van der Waals surface area contributed by atoms with Crippen molar-refractivity contribution in [3.05, 3.63) is 85.1 Å². The van der Waals surface area contributed by atoms with Crippen molar-refractivity contribution < 1.29 is 49.0 Å². The fraction of sp³-hybridized carbons (Fsp3) is 0.709. The average Bonchev–Trinajstić information content (AvgIpc) is 3.30. The number of aliphatic hydroxyl groups is 4. The van der Waals surface area contributed by atoms with E-state index in [1.54, 1.807) is 0 Å². The summed E-state index contributed by atoms with van der Waals surface area (Å²) in [6.45, 7) is 3.26. The molecule has 372 valence electrons. The molecule has 0 aromatic carbocycles. The molecule has 1 heterocycles. The van der Waals surface area contributed by atoms with Crippen molar-refractivity contribution in [3.63, 3.8) is 0 Å². The minimum absolute atomic E-state index is 0.213. The maximum absolute atomic E-state index is 12.8. The van der Waals surface area contributed by atoms with Gasteiger partial charge in [0.05, 0.1) is 13.2 Å². The van der Waals surface area contributed by atoms with E-state index in [-0.39, 0.29) is 26.1 Å². The number of unbranched alkanes of at least 4 members (excludes halogenated alkanes) is 17. The van der Waals surface area contributed by atoms with Crippen LogP contribution < -0.4 is 0 Å². The van der Waals surface area contributed by atoms with Crippen LogP contribution in [0.1, 0.15) is 194 Å². The predicted molar refractivity (Wildman–Crippen MR) is 265 cm³/mol. The summed E-state index contributed by atoms with van der Waals surface area (Å²) in [7, 11) is 0. The van der Waals surface area contributed by atoms with Crippen molar-refractivity contribution in [3.8, 4) is 0 Å². The first kappa shape index (κ1) is 59.9. The SMILES string of the molecule is CC/C=C\C/C=C\C/C=C\C/C=C\CCCCCCCCCCC(=O)OC(COC(=O)CCCCCCCC/C=C\C/C=C\C/C=C\CCCCC)COC1OC(CO)C(O)C(O)C1O. The summed E-state index contributed by atoms with van der Waals surface area (Å²) in [4.78, 5) is 25.5. The monoisotopic (exact) mass is 913 g/mol. The molecule has 6 unspecified atom stereocenters. The summed E-state index contributed by atoms with van der Waals surface area (Å²) in [5.74, 6) is -0.834. The van der Waals surface area contributed by atoms with Crippen molar-refractivity contribution in [1.82, 2.24) is 0 Å². The van der Waals surface area contributed by atoms with Crippen molar-refractivity contribution in [2.45, 2.75) is 230 Å². The van der Waals surface area contributed by atoms with Crippen LogP contribution in [0.5, 0.6) is 0 Å². The highest BCUT2D eigenvalue weighted by Gasteiger charge is 2.44. The van der Waals surface area contributed by atoms with Crippen LogP contribution in [0.3, 0.4) is 0 Å². The summed E-state index contributed by atoms with van der Waals surface area (Å²) in [5.41, 5.74) is 0. The highest BCUT2D eigenvalue weighted by molar-refractivity contribution is 5.70. The normalized spacial score (nSPS) is 20.0. The Labute approximate surface area is 395 Å². The largest absolute Gasteiger partial charge is 0.462 e. The molecule has 1 saturated heterocycles. The molecular weight excluding hydrogens is 821 g/mol. The van der Waals surface area contributed by atoms with Crippen LogP contribution in [0.2, 0.25) is 0 Å². The predicted octanol–water partition coefficient (Wildman–Crippen LogP) is 12.1. The van der Waals surface area contributed by atoms with Gasteiger partial charge in [0.2, 0.25) is 0 Å². The Morgan fingerprint density at radius 2 is 0.908 bits per heavy atom. The molecular formula is C55H92O10. The van der Waals surface area contributed by atoms with Gasteiger partial charge in [-0.05, 0) is 89.9 Å². The molecule has 4 N–H and O–H groups in total. The van der Waals surface area contributed by atoms with E-state index in [2.05, 4.69) is 98.9 Å². The summed E-state index contributed by atoms with van der Waals surface area (Å²) in [6, 6.07) is 0. The second kappa shape index (κ2) is 44.7. The number of carbonyl (C=O) groups excluding carboxylic acids is 2. The van der Waals surface area contributed by atoms with Crippen molar-refractivity contribution in [2.24, 2.45) is 0 Å². The molecule has 0 saturated carbocycles. The van der Waals surface area contributed by atoms with E-state index in [1.165, 1.54) is 51.4 Å². The van der Waals surface area contributed by atoms with Gasteiger partial charge in [0.25, 0.3) is 0 Å². The van der Waals surface area contributed by atoms with Gasteiger partial charge in [0.1, 0.15) is 31.0 Å². The Kier molecular flexibility index (Phi) is 41.2. The van der Waals surface area contributed by atoms with Gasteiger partial charge in [-0.25, -0.2) is 0 Å². The summed E-state index contributed by atoms with van der Waals surface area (Å²) >= 11 is 0. The van der Waals surface area contributed by atoms with Crippen molar-refractivity contribution in [1.29, 1.82) is 0 Å². The number of carbonyl (C=O) groups is 2. The Bertz CT molecular complexity index is 1330. The molecule has 0 amide bonds. The van der Waals surface area contributed by atoms with Crippen LogP contribution in [-0.4, -0.2) is 89.0 Å². The second-order valence-electron chi connectivity index (χ2n) is 17.2. The molecule has 0 bridgehead atoms. The van der Waals surface area contributed by atoms with Gasteiger partial charge in [-0.2, -0.15) is 0 Å². The van der Waals surface area contributed by atoms with Crippen molar-refractivity contribution in [2.75, 3.05) is 19.8 Å². The average molecular weight is 913 g/mol. The van der Waals surface area contributed by atoms with Crippen LogP contribution >= 0.6 is 0 Å². The Hall–Kier alpha value is -3.12. The Morgan fingerprint density at radius 3 is 1.37 bits per heavy atom. The van der Waals surface area contributed by atoms with Crippen LogP contribution in [0.15, 0.2) is 85.1 Å². The van der Waals surface area contributed by atoms with E-state index in [1.807, 2.05) is 0 Å². The molecule has 1 rings (SSSR count). The van der Waals surface area contributed by atoms with E-state index < -0.39 is 55.4 Å². The molecule has 1 fully saturated rings. The number of ether oxygens (including phenoxy) is 4. The fourth-order valence-electron chi connectivity index (χ4n) is 7.24. The van der Waals surface area contributed by atoms with Crippen LogP contribution in [-0.2, 0) is 28.5 Å². The maximum atomic E-state index is 12.8. The third kappa shape index (κ3) is 35.7. The smallest absolute Gasteiger partial charge is 0.306 e. The first-order chi connectivity index (χ1) is 31.8. The first-order valence-corrected chi connectivity index (χ1v) is 25.7. The standard InChI is InChI=1S/C55H92O10/c1-3-5-7-9-11-13-15-17-19-21-23-24-26-28-30-32-34-36-38-40-42-44-51(58)64-48(47-63-55-54(61)53(60)52(59)49(45-56)65-55)46-62-50(57)43-41-39-37-35-33-31-29-27-25-22-20-18-16-14-12-10-8-6-4-2/h5,7,11-14,17-20,23-25,27,48-49,52-56,59-61H,3-4,6,8-10,15-16,21-22,26,28-47H2,1-2H3/b7-5-,13-11-,14-12-,19-17-,20-18-,24-23-,27-25-. The van der Waals surface area contributed by atoms with Gasteiger partial charge in [-0.1, -0.05) is 176 Å². The first-order valence-electron chi connectivity index (χ1n) is 25.7. The van der Waals surface area contributed by atoms with E-state index in [0.29, 0.717) is 12.8 Å². The molecule has 1 aliphatic rings. The number of aliphatic hydroxyl groups excluding tert-OH is 4. The third-order valence-corrected chi connectivity index (χ3v) is 11.3. The summed E-state index contributed by atoms with van der Waals surface area (Å²) in [6.07, 6.45) is 51.5. The zero-order chi connectivity index (χ0) is 47.3. The zero-order valence-corrected chi connectivity index (χ0v) is 40.7. The van der Waals surface area contributed by atoms with Gasteiger partial charge in [0, 0.05) is 12.8 Å². The number of allylic oxidation sites excluding steroid dienone is 14. The van der Waals surface area contributed by atoms with E-state index >= 15 is 0 Å². The quantitative estimate of drug-likeness (QED) is 0.0265. The van der Waals surface area contributed by atoms with E-state index in [9.17, 15) is 30.0 Å². The minimum atomic E-state index is -1.60. The van der Waals surface area contributed by atoms with Gasteiger partial charge < -0.3 is 39.4 Å². The Morgan fingerprint density at radius 1 is 0.492 bits per heavy atom. The highest BCUT2D eigenvalue weighted by atomic mass is 16.7. The summed E-state index contributed by atoms with van der Waals surface area (Å²) < 4.78 is 22.2. The van der Waals surface area contributed by atoms with Gasteiger partial charge in [-0.15, -0.1) is 0 Å². The van der Waals surface area contributed by atoms with Crippen LogP contribution in [0.25, 0.3) is 0 Å². The molecule has 10 nitrogen and oxygen atoms in total. The zero-order valence-electron chi connectivity index (χ0n) is 40.7. The topological polar surface area (TPSA) is 152 Å². The number of rotatable bonds is 42. The number of hydrogen-bond donors (Lipinski definition) is 4. The lowest BCUT2D eigenvalue weighted by Crippen LogP contribution is -2.59. The minimum Gasteiger partial charge on any atom is -0.462 e. The Balaban J connectivity index is 2.29. The number of esters is 2. The third-order valence-electron chi connectivity index (χ3n) is 11.3. The van der Waals surface area contributed by atoms with Crippen molar-refractivity contribution >= 4 is 11.9 Å². The van der Waals surface area contributed by atoms with Gasteiger partial charge >= 0.3 is 11.9 Å². The molecule has 0 aromatic heterocycles. The lowest BCUT2D eigenvalue weighted by molar-refractivity contribution is -0.305. The molecule has 10 heteroatoms. The molecule has 0 aliphatic carbocycles. The van der Waals surface area contributed by atoms with Gasteiger partial charge in [-0.3, -0.25) is 9.59 Å². The summed E-state index contributed by atoms with van der Waals surface area (Å²) in [5, 5.41) is 40.2. The lowest BCUT2D eigenvalue weighted by atomic mass is 9.99. The maximum Gasteiger partial charge on any atom is 0.306 e. The highest BCUT2D eigenvalue weighted by Crippen LogP contribution is 2.23. The second-order valence-corrected chi connectivity index (χ2v) is 17.2. The van der Waals surface area contributed by atoms with E-state index in [4.69, 9.17) is 18.9 Å². The van der Waals surface area contributed by atoms with Crippen LogP contribution in [0.4, 0.5) is 0 Å². The molecule has 0 radical (unpaired) electrons. The van der Waals surface area contributed by atoms with E-state index in [0.717, 1.165) is 103 Å². The van der Waals surface area contributed by atoms with Crippen LogP contribution in [0, 0.1) is 0 Å². The molecule has 0 spiro atoms. The lowest BCUT2D eigenvalue weighted by Gasteiger charge is -2.39. The molecule has 6 atom stereocenters. The molecule has 65 heavy (non-hydrogen) atoms. The van der Waals surface area contributed by atoms with Gasteiger partial charge in [0.15, 0.2) is 12.4 Å². The fourth-order valence-corrected chi connectivity index (χ4v) is 7.24. The number of hydrogen-bond acceptors (Lipinski definition) is 10. The molecule has 1 aliphatic heterocycles. The molecule has 0 aromatic rings.